The maximum Gasteiger partial charge on any atom is 0.261 e. The summed E-state index contributed by atoms with van der Waals surface area (Å²) in [6.45, 7) is 1.09. The van der Waals surface area contributed by atoms with Crippen LogP contribution in [0.1, 0.15) is 32.1 Å². The normalized spacial score (nSPS) is 17.8. The van der Waals surface area contributed by atoms with E-state index >= 15 is 0 Å². The van der Waals surface area contributed by atoms with Crippen LogP contribution in [0.15, 0.2) is 35.4 Å². The molecule has 1 aromatic heterocycles. The number of carbonyl (C=O) groups is 2. The van der Waals surface area contributed by atoms with Crippen molar-refractivity contribution in [2.75, 3.05) is 6.54 Å². The van der Waals surface area contributed by atoms with Crippen molar-refractivity contribution >= 4 is 22.7 Å². The van der Waals surface area contributed by atoms with Crippen molar-refractivity contribution in [2.45, 2.75) is 44.7 Å². The summed E-state index contributed by atoms with van der Waals surface area (Å²) in [6, 6.07) is 6.75. The van der Waals surface area contributed by atoms with E-state index in [1.807, 2.05) is 6.07 Å². The Balaban J connectivity index is 1.54. The fourth-order valence-electron chi connectivity index (χ4n) is 3.02. The number of rotatable bonds is 5. The Kier molecular flexibility index (Phi) is 5.42. The van der Waals surface area contributed by atoms with Gasteiger partial charge in [0, 0.05) is 19.5 Å². The number of nitrogens with zero attached hydrogens (tertiary/aromatic N) is 2. The fourth-order valence-corrected chi connectivity index (χ4v) is 3.02. The van der Waals surface area contributed by atoms with Gasteiger partial charge in [-0.1, -0.05) is 12.1 Å². The third-order valence-corrected chi connectivity index (χ3v) is 4.40. The fraction of sp³-hybridized carbons (Fsp3) is 0.444. The number of carbonyl (C=O) groups excluding carboxylic acids is 2. The van der Waals surface area contributed by atoms with Gasteiger partial charge in [-0.25, -0.2) is 4.98 Å². The molecule has 1 fully saturated rings. The predicted octanol–water partition coefficient (Wildman–Crippen LogP) is 0.962. The average molecular weight is 342 g/mol. The Morgan fingerprint density at radius 2 is 2.12 bits per heavy atom. The van der Waals surface area contributed by atoms with Crippen LogP contribution in [0.25, 0.3) is 10.9 Å². The lowest BCUT2D eigenvalue weighted by Gasteiger charge is -2.15. The lowest BCUT2D eigenvalue weighted by Crippen LogP contribution is -2.45. The number of hydrogen-bond donors (Lipinski definition) is 2. The lowest BCUT2D eigenvalue weighted by atomic mass is 10.1. The molecule has 2 heterocycles. The first-order valence-electron chi connectivity index (χ1n) is 8.66. The third-order valence-electron chi connectivity index (χ3n) is 4.40. The Bertz CT molecular complexity index is 830. The minimum atomic E-state index is -0.444. The quantitative estimate of drug-likeness (QED) is 0.846. The van der Waals surface area contributed by atoms with Crippen molar-refractivity contribution in [3.63, 3.8) is 0 Å². The summed E-state index contributed by atoms with van der Waals surface area (Å²) >= 11 is 0. The van der Waals surface area contributed by atoms with Crippen molar-refractivity contribution in [3.05, 3.63) is 40.9 Å². The van der Waals surface area contributed by atoms with Gasteiger partial charge >= 0.3 is 0 Å². The van der Waals surface area contributed by atoms with Crippen molar-refractivity contribution in [3.8, 4) is 0 Å². The molecule has 1 saturated heterocycles. The minimum Gasteiger partial charge on any atom is -0.354 e. The maximum atomic E-state index is 12.4. The van der Waals surface area contributed by atoms with E-state index in [1.165, 1.54) is 10.9 Å². The van der Waals surface area contributed by atoms with Crippen LogP contribution in [-0.4, -0.2) is 34.0 Å². The zero-order chi connectivity index (χ0) is 17.6. The molecule has 132 valence electrons. The number of hydrogen-bond acceptors (Lipinski definition) is 4. The number of nitrogens with one attached hydrogen (secondary N) is 2. The molecule has 0 spiro atoms. The van der Waals surface area contributed by atoms with Gasteiger partial charge in [0.25, 0.3) is 5.56 Å². The van der Waals surface area contributed by atoms with E-state index in [-0.39, 0.29) is 23.8 Å². The SMILES string of the molecule is O=C(CCCn1cnc2ccccc2c1=O)N[C@@H]1CCCCNC1=O. The van der Waals surface area contributed by atoms with Crippen LogP contribution in [0.5, 0.6) is 0 Å². The van der Waals surface area contributed by atoms with E-state index in [4.69, 9.17) is 0 Å². The molecule has 0 radical (unpaired) electrons. The summed E-state index contributed by atoms with van der Waals surface area (Å²) in [4.78, 5) is 40.5. The molecule has 0 unspecified atom stereocenters. The Labute approximate surface area is 145 Å². The van der Waals surface area contributed by atoms with Crippen LogP contribution in [0.2, 0.25) is 0 Å². The molecule has 2 amide bonds. The van der Waals surface area contributed by atoms with Crippen molar-refractivity contribution in [1.82, 2.24) is 20.2 Å². The molecule has 1 aliphatic heterocycles. The summed E-state index contributed by atoms with van der Waals surface area (Å²) < 4.78 is 1.52. The van der Waals surface area contributed by atoms with Gasteiger partial charge < -0.3 is 10.6 Å². The molecule has 7 nitrogen and oxygen atoms in total. The average Bonchev–Trinajstić information content (AvgIpc) is 2.82. The number of aryl methyl sites for hydroxylation is 1. The second kappa shape index (κ2) is 7.92. The number of amides is 2. The molecule has 3 rings (SSSR count). The van der Waals surface area contributed by atoms with Crippen LogP contribution in [0.3, 0.4) is 0 Å². The van der Waals surface area contributed by atoms with Crippen LogP contribution < -0.4 is 16.2 Å². The van der Waals surface area contributed by atoms with Crippen molar-refractivity contribution < 1.29 is 9.59 Å². The first-order valence-corrected chi connectivity index (χ1v) is 8.66. The molecular formula is C18H22N4O3. The van der Waals surface area contributed by atoms with E-state index in [2.05, 4.69) is 15.6 Å². The smallest absolute Gasteiger partial charge is 0.261 e. The van der Waals surface area contributed by atoms with Gasteiger partial charge in [-0.05, 0) is 37.8 Å². The van der Waals surface area contributed by atoms with Gasteiger partial charge in [0.15, 0.2) is 0 Å². The second-order valence-corrected chi connectivity index (χ2v) is 6.27. The molecular weight excluding hydrogens is 320 g/mol. The van der Waals surface area contributed by atoms with E-state index in [9.17, 15) is 14.4 Å². The third kappa shape index (κ3) is 4.23. The molecule has 0 aliphatic carbocycles. The largest absolute Gasteiger partial charge is 0.354 e. The standard InChI is InChI=1S/C18H22N4O3/c23-16(21-15-8-3-4-10-19-17(15)24)9-5-11-22-12-20-14-7-2-1-6-13(14)18(22)25/h1-2,6-7,12,15H,3-5,8-11H2,(H,19,24)(H,21,23)/t15-/m1/s1. The number of aromatic nitrogens is 2. The molecule has 7 heteroatoms. The van der Waals surface area contributed by atoms with Crippen molar-refractivity contribution in [2.24, 2.45) is 0 Å². The van der Waals surface area contributed by atoms with E-state index in [0.29, 0.717) is 36.8 Å². The summed E-state index contributed by atoms with van der Waals surface area (Å²) in [6.07, 6.45) is 4.83. The van der Waals surface area contributed by atoms with Gasteiger partial charge in [-0.15, -0.1) is 0 Å². The van der Waals surface area contributed by atoms with E-state index in [0.717, 1.165) is 12.8 Å². The highest BCUT2D eigenvalue weighted by atomic mass is 16.2. The monoisotopic (exact) mass is 342 g/mol. The Hall–Kier alpha value is -2.70. The maximum absolute atomic E-state index is 12.4. The zero-order valence-corrected chi connectivity index (χ0v) is 14.0. The molecule has 1 aliphatic rings. The van der Waals surface area contributed by atoms with Crippen LogP contribution in [0.4, 0.5) is 0 Å². The predicted molar refractivity (Wildman–Crippen MR) is 94.0 cm³/mol. The highest BCUT2D eigenvalue weighted by Crippen LogP contribution is 2.07. The highest BCUT2D eigenvalue weighted by Gasteiger charge is 2.21. The molecule has 0 saturated carbocycles. The molecule has 1 atom stereocenters. The molecule has 1 aromatic carbocycles. The van der Waals surface area contributed by atoms with E-state index < -0.39 is 6.04 Å². The van der Waals surface area contributed by atoms with Gasteiger partial charge in [0.1, 0.15) is 6.04 Å². The van der Waals surface area contributed by atoms with E-state index in [1.54, 1.807) is 18.2 Å². The van der Waals surface area contributed by atoms with Crippen molar-refractivity contribution in [1.29, 1.82) is 0 Å². The summed E-state index contributed by atoms with van der Waals surface area (Å²) in [7, 11) is 0. The number of para-hydroxylation sites is 1. The first kappa shape index (κ1) is 17.1. The summed E-state index contributed by atoms with van der Waals surface area (Å²) in [5, 5.41) is 6.16. The zero-order valence-electron chi connectivity index (χ0n) is 14.0. The number of fused-ring (bicyclic) bond motifs is 1. The highest BCUT2D eigenvalue weighted by molar-refractivity contribution is 5.87. The minimum absolute atomic E-state index is 0.103. The molecule has 0 bridgehead atoms. The molecule has 2 N–H and O–H groups in total. The van der Waals surface area contributed by atoms with Crippen LogP contribution in [0, 0.1) is 0 Å². The van der Waals surface area contributed by atoms with Gasteiger partial charge in [0.05, 0.1) is 17.2 Å². The van der Waals surface area contributed by atoms with Crippen LogP contribution >= 0.6 is 0 Å². The van der Waals surface area contributed by atoms with Gasteiger partial charge in [0.2, 0.25) is 11.8 Å². The summed E-state index contributed by atoms with van der Waals surface area (Å²) in [5.41, 5.74) is 0.565. The van der Waals surface area contributed by atoms with Crippen LogP contribution in [-0.2, 0) is 16.1 Å². The number of benzene rings is 1. The Morgan fingerprint density at radius 1 is 1.28 bits per heavy atom. The van der Waals surface area contributed by atoms with Gasteiger partial charge in [-0.3, -0.25) is 19.0 Å². The summed E-state index contributed by atoms with van der Waals surface area (Å²) in [5.74, 6) is -0.273. The van der Waals surface area contributed by atoms with Gasteiger partial charge in [-0.2, -0.15) is 0 Å². The first-order chi connectivity index (χ1) is 12.1. The molecule has 2 aromatic rings. The molecule has 25 heavy (non-hydrogen) atoms. The topological polar surface area (TPSA) is 93.1 Å². The second-order valence-electron chi connectivity index (χ2n) is 6.27. The Morgan fingerprint density at radius 3 is 3.00 bits per heavy atom. The lowest BCUT2D eigenvalue weighted by molar-refractivity contribution is -0.128.